The summed E-state index contributed by atoms with van der Waals surface area (Å²) in [6.07, 6.45) is 0. The lowest BCUT2D eigenvalue weighted by atomic mass is 9.82. The average Bonchev–Trinajstić information content (AvgIpc) is 2.82. The second-order valence-electron chi connectivity index (χ2n) is 7.20. The van der Waals surface area contributed by atoms with E-state index < -0.39 is 22.0 Å². The third-order valence-electron chi connectivity index (χ3n) is 5.03. The van der Waals surface area contributed by atoms with Gasteiger partial charge in [0, 0.05) is 28.5 Å². The van der Waals surface area contributed by atoms with Gasteiger partial charge in [-0.3, -0.25) is 14.9 Å². The van der Waals surface area contributed by atoms with Crippen molar-refractivity contribution in [3.05, 3.63) is 106 Å². The van der Waals surface area contributed by atoms with Crippen LogP contribution in [0.1, 0.15) is 27.4 Å². The molecule has 3 aromatic rings. The number of hydrogen-bond acceptors (Lipinski definition) is 6. The third kappa shape index (κ3) is 5.21. The van der Waals surface area contributed by atoms with E-state index in [-0.39, 0.29) is 11.5 Å². The second kappa shape index (κ2) is 10.4. The third-order valence-corrected chi connectivity index (χ3v) is 6.34. The lowest BCUT2D eigenvalue weighted by Crippen LogP contribution is -2.30. The molecule has 0 aliphatic rings. The topological polar surface area (TPSA) is 108 Å². The monoisotopic (exact) mass is 441 g/mol. The van der Waals surface area contributed by atoms with Crippen LogP contribution >= 0.6 is 11.8 Å². The van der Waals surface area contributed by atoms with Gasteiger partial charge in [-0.15, -0.1) is 11.8 Å². The summed E-state index contributed by atoms with van der Waals surface area (Å²) in [5, 5.41) is 29.9. The predicted molar refractivity (Wildman–Crippen MR) is 122 cm³/mol. The maximum atomic E-state index is 13.6. The first-order valence-electron chi connectivity index (χ1n) is 9.80. The van der Waals surface area contributed by atoms with Crippen LogP contribution in [-0.4, -0.2) is 16.0 Å². The molecule has 0 aliphatic heterocycles. The van der Waals surface area contributed by atoms with Crippen LogP contribution in [0.2, 0.25) is 0 Å². The van der Waals surface area contributed by atoms with Gasteiger partial charge < -0.3 is 0 Å². The molecule has 158 valence electrons. The van der Waals surface area contributed by atoms with Crippen molar-refractivity contribution in [1.29, 1.82) is 10.5 Å². The van der Waals surface area contributed by atoms with Crippen LogP contribution < -0.4 is 0 Å². The highest BCUT2D eigenvalue weighted by Crippen LogP contribution is 2.41. The van der Waals surface area contributed by atoms with Crippen LogP contribution in [0.4, 0.5) is 5.69 Å². The van der Waals surface area contributed by atoms with E-state index in [1.165, 1.54) is 30.0 Å². The quantitative estimate of drug-likeness (QED) is 0.192. The molecule has 3 rings (SSSR count). The Morgan fingerprint density at radius 2 is 1.62 bits per heavy atom. The summed E-state index contributed by atoms with van der Waals surface area (Å²) in [5.74, 6) is -2.29. The summed E-state index contributed by atoms with van der Waals surface area (Å²) in [6, 6.07) is 26.0. The first-order valence-corrected chi connectivity index (χ1v) is 10.7. The molecule has 0 fully saturated rings. The fourth-order valence-corrected chi connectivity index (χ4v) is 4.69. The lowest BCUT2D eigenvalue weighted by molar-refractivity contribution is -0.384. The molecule has 0 aliphatic carbocycles. The number of thioether (sulfide) groups is 1. The molecule has 2 atom stereocenters. The van der Waals surface area contributed by atoms with E-state index in [0.29, 0.717) is 11.1 Å². The maximum absolute atomic E-state index is 13.6. The number of ketones is 1. The smallest absolute Gasteiger partial charge is 0.269 e. The summed E-state index contributed by atoms with van der Waals surface area (Å²) in [6.45, 7) is 1.95. The molecule has 7 heteroatoms. The van der Waals surface area contributed by atoms with E-state index in [2.05, 4.69) is 0 Å². The van der Waals surface area contributed by atoms with E-state index in [1.807, 2.05) is 43.3 Å². The predicted octanol–water partition coefficient (Wildman–Crippen LogP) is 5.69. The molecule has 3 aromatic carbocycles. The van der Waals surface area contributed by atoms with Crippen molar-refractivity contribution in [2.75, 3.05) is 0 Å². The number of rotatable bonds is 8. The summed E-state index contributed by atoms with van der Waals surface area (Å²) >= 11 is 1.26. The number of non-ortho nitro benzene ring substituents is 1. The molecule has 0 radical (unpaired) electrons. The first-order chi connectivity index (χ1) is 15.4. The summed E-state index contributed by atoms with van der Waals surface area (Å²) in [7, 11) is 0. The average molecular weight is 442 g/mol. The summed E-state index contributed by atoms with van der Waals surface area (Å²) in [5.41, 5.74) is 1.75. The normalized spacial score (nSPS) is 12.4. The van der Waals surface area contributed by atoms with Gasteiger partial charge >= 0.3 is 0 Å². The molecule has 0 saturated heterocycles. The Morgan fingerprint density at radius 3 is 2.22 bits per heavy atom. The number of aryl methyl sites for hydroxylation is 1. The van der Waals surface area contributed by atoms with Gasteiger partial charge in [0.1, 0.15) is 5.92 Å². The highest BCUT2D eigenvalue weighted by Gasteiger charge is 2.38. The Kier molecular flexibility index (Phi) is 7.38. The van der Waals surface area contributed by atoms with E-state index in [4.69, 9.17) is 0 Å². The lowest BCUT2D eigenvalue weighted by Gasteiger charge is -2.27. The Labute approximate surface area is 190 Å². The first kappa shape index (κ1) is 22.7. The molecular formula is C25H19N3O3S. The molecule has 0 N–H and O–H groups in total. The Morgan fingerprint density at radius 1 is 0.969 bits per heavy atom. The number of hydrogen-bond donors (Lipinski definition) is 0. The van der Waals surface area contributed by atoms with Crippen LogP contribution in [0.3, 0.4) is 0 Å². The number of nitro groups is 1. The number of Topliss-reactive ketones (excluding diaryl/α,β-unsaturated/α-hetero) is 1. The van der Waals surface area contributed by atoms with Gasteiger partial charge in [0.2, 0.25) is 0 Å². The highest BCUT2D eigenvalue weighted by molar-refractivity contribution is 8.00. The summed E-state index contributed by atoms with van der Waals surface area (Å²) < 4.78 is 0. The molecular weight excluding hydrogens is 422 g/mol. The Balaban J connectivity index is 2.16. The number of benzene rings is 3. The van der Waals surface area contributed by atoms with Gasteiger partial charge in [0.25, 0.3) is 5.69 Å². The standard InChI is InChI=1S/C25H19N3O3S/c1-17-10-12-22(13-11-17)32-25(24(29)18-6-3-2-4-7-18)23(20(15-26)16-27)19-8-5-9-21(14-19)28(30)31/h2-14,20,23,25H,1H3/t23-,25-/m1/s1. The van der Waals surface area contributed by atoms with Gasteiger partial charge in [0.15, 0.2) is 5.78 Å². The zero-order valence-corrected chi connectivity index (χ0v) is 18.0. The fraction of sp³-hybridized carbons (Fsp3) is 0.160. The van der Waals surface area contributed by atoms with Gasteiger partial charge in [-0.05, 0) is 24.6 Å². The SMILES string of the molecule is Cc1ccc(S[C@@H](C(=O)c2ccccc2)[C@H](c2cccc([N+](=O)[O-])c2)C(C#N)C#N)cc1. The Hall–Kier alpha value is -3.94. The van der Waals surface area contributed by atoms with Crippen LogP contribution in [0.15, 0.2) is 83.8 Å². The molecule has 0 unspecified atom stereocenters. The minimum absolute atomic E-state index is 0.159. The van der Waals surface area contributed by atoms with E-state index in [9.17, 15) is 25.4 Å². The maximum Gasteiger partial charge on any atom is 0.269 e. The largest absolute Gasteiger partial charge is 0.293 e. The number of nitro benzene ring substituents is 1. The van der Waals surface area contributed by atoms with E-state index >= 15 is 0 Å². The van der Waals surface area contributed by atoms with Crippen molar-refractivity contribution in [1.82, 2.24) is 0 Å². The molecule has 0 spiro atoms. The number of nitrogens with zero attached hydrogens (tertiary/aromatic N) is 3. The molecule has 32 heavy (non-hydrogen) atoms. The number of nitriles is 2. The van der Waals surface area contributed by atoms with Crippen molar-refractivity contribution in [2.24, 2.45) is 5.92 Å². The van der Waals surface area contributed by atoms with Crippen LogP contribution in [0, 0.1) is 45.6 Å². The van der Waals surface area contributed by atoms with E-state index in [1.54, 1.807) is 36.4 Å². The highest BCUT2D eigenvalue weighted by atomic mass is 32.2. The summed E-state index contributed by atoms with van der Waals surface area (Å²) in [4.78, 5) is 25.2. The minimum atomic E-state index is -1.17. The van der Waals surface area contributed by atoms with Crippen molar-refractivity contribution >= 4 is 23.2 Å². The van der Waals surface area contributed by atoms with Gasteiger partial charge in [-0.1, -0.05) is 60.2 Å². The van der Waals surface area contributed by atoms with Crippen LogP contribution in [0.25, 0.3) is 0 Å². The van der Waals surface area contributed by atoms with E-state index in [0.717, 1.165) is 10.5 Å². The zero-order valence-electron chi connectivity index (χ0n) is 17.2. The van der Waals surface area contributed by atoms with Crippen molar-refractivity contribution in [3.63, 3.8) is 0 Å². The molecule has 0 aromatic heterocycles. The fourth-order valence-electron chi connectivity index (χ4n) is 3.40. The van der Waals surface area contributed by atoms with Gasteiger partial charge in [-0.2, -0.15) is 10.5 Å². The molecule has 0 heterocycles. The minimum Gasteiger partial charge on any atom is -0.293 e. The molecule has 6 nitrogen and oxygen atoms in total. The van der Waals surface area contributed by atoms with Crippen LogP contribution in [0.5, 0.6) is 0 Å². The Bertz CT molecular complexity index is 1180. The van der Waals surface area contributed by atoms with Crippen LogP contribution in [-0.2, 0) is 0 Å². The van der Waals surface area contributed by atoms with Gasteiger partial charge in [-0.25, -0.2) is 0 Å². The van der Waals surface area contributed by atoms with Crippen molar-refractivity contribution < 1.29 is 9.72 Å². The number of carbonyl (C=O) groups is 1. The number of carbonyl (C=O) groups excluding carboxylic acids is 1. The van der Waals surface area contributed by atoms with Gasteiger partial charge in [0.05, 0.1) is 22.3 Å². The second-order valence-corrected chi connectivity index (χ2v) is 8.41. The van der Waals surface area contributed by atoms with Crippen molar-refractivity contribution in [2.45, 2.75) is 23.0 Å². The molecule has 0 saturated carbocycles. The van der Waals surface area contributed by atoms with Crippen molar-refractivity contribution in [3.8, 4) is 12.1 Å². The molecule has 0 amide bonds. The zero-order chi connectivity index (χ0) is 23.1. The molecule has 0 bridgehead atoms.